The topological polar surface area (TPSA) is 68.3 Å². The number of carbonyl (C=O) groups excluding carboxylic acids is 2. The van der Waals surface area contributed by atoms with E-state index in [9.17, 15) is 9.59 Å². The fraction of sp³-hybridized carbons (Fsp3) is 0.389. The lowest BCUT2D eigenvalue weighted by Crippen LogP contribution is -2.21. The van der Waals surface area contributed by atoms with Gasteiger partial charge in [-0.2, -0.15) is 0 Å². The Kier molecular flexibility index (Phi) is 6.16. The van der Waals surface area contributed by atoms with Crippen LogP contribution in [0.15, 0.2) is 12.1 Å². The molecule has 0 aliphatic heterocycles. The molecule has 0 radical (unpaired) electrons. The van der Waals surface area contributed by atoms with E-state index in [1.54, 1.807) is 6.92 Å². The summed E-state index contributed by atoms with van der Waals surface area (Å²) >= 11 is 13.4. The summed E-state index contributed by atoms with van der Waals surface area (Å²) in [6, 6.07) is 3.40. The Morgan fingerprint density at radius 1 is 1.19 bits per heavy atom. The lowest BCUT2D eigenvalue weighted by molar-refractivity contribution is -0.119. The Bertz CT molecular complexity index is 828. The molecule has 2 heterocycles. The molecule has 0 aromatic carbocycles. The second-order valence-electron chi connectivity index (χ2n) is 6.13. The Balaban J connectivity index is 1.58. The van der Waals surface area contributed by atoms with Crippen LogP contribution in [0, 0.1) is 6.92 Å². The Morgan fingerprint density at radius 3 is 2.77 bits per heavy atom. The van der Waals surface area contributed by atoms with Crippen molar-refractivity contribution in [3.05, 3.63) is 43.2 Å². The third-order valence-electron chi connectivity index (χ3n) is 4.14. The number of aryl methyl sites for hydroxylation is 3. The quantitative estimate of drug-likeness (QED) is 0.576. The molecule has 2 aromatic heterocycles. The van der Waals surface area contributed by atoms with E-state index in [2.05, 4.69) is 10.3 Å². The van der Waals surface area contributed by atoms with Crippen molar-refractivity contribution in [1.82, 2.24) is 4.98 Å². The summed E-state index contributed by atoms with van der Waals surface area (Å²) in [5.41, 5.74) is 1.78. The van der Waals surface area contributed by atoms with Crippen LogP contribution in [-0.2, 0) is 22.4 Å². The number of carbonyl (C=O) groups is 2. The van der Waals surface area contributed by atoms with Crippen LogP contribution in [0.3, 0.4) is 0 Å². The summed E-state index contributed by atoms with van der Waals surface area (Å²) < 4.78 is 5.13. The number of ether oxygens (including phenoxy) is 1. The van der Waals surface area contributed by atoms with E-state index in [1.165, 1.54) is 34.3 Å². The summed E-state index contributed by atoms with van der Waals surface area (Å²) in [6.45, 7) is 1.30. The fourth-order valence-electron chi connectivity index (χ4n) is 2.78. The normalized spacial score (nSPS) is 13.7. The molecular formula is C18H18Cl2N2O3S. The number of aromatic nitrogens is 1. The summed E-state index contributed by atoms with van der Waals surface area (Å²) in [5.74, 6) is -0.797. The van der Waals surface area contributed by atoms with Gasteiger partial charge in [0.25, 0.3) is 5.91 Å². The van der Waals surface area contributed by atoms with Crippen LogP contribution >= 0.6 is 34.5 Å². The highest BCUT2D eigenvalue weighted by Gasteiger charge is 2.19. The van der Waals surface area contributed by atoms with Crippen molar-refractivity contribution in [3.63, 3.8) is 0 Å². The molecule has 3 rings (SSSR count). The molecule has 0 saturated carbocycles. The van der Waals surface area contributed by atoms with Gasteiger partial charge < -0.3 is 10.1 Å². The highest BCUT2D eigenvalue weighted by Crippen LogP contribution is 2.29. The maximum Gasteiger partial charge on any atom is 0.348 e. The van der Waals surface area contributed by atoms with Gasteiger partial charge in [-0.3, -0.25) is 4.79 Å². The number of thiophene rings is 1. The number of hydrogen-bond acceptors (Lipinski definition) is 5. The molecule has 0 bridgehead atoms. The van der Waals surface area contributed by atoms with Gasteiger partial charge in [0, 0.05) is 4.88 Å². The van der Waals surface area contributed by atoms with Crippen molar-refractivity contribution in [2.24, 2.45) is 0 Å². The molecule has 0 spiro atoms. The van der Waals surface area contributed by atoms with Gasteiger partial charge in [0.1, 0.15) is 4.88 Å². The summed E-state index contributed by atoms with van der Waals surface area (Å²) in [5, 5.41) is 3.17. The highest BCUT2D eigenvalue weighted by atomic mass is 35.5. The molecule has 1 N–H and O–H groups in total. The van der Waals surface area contributed by atoms with Gasteiger partial charge in [-0.05, 0) is 50.3 Å². The minimum Gasteiger partial charge on any atom is -0.451 e. The van der Waals surface area contributed by atoms with E-state index in [1.807, 2.05) is 6.07 Å². The number of esters is 1. The van der Waals surface area contributed by atoms with Gasteiger partial charge in [0.05, 0.1) is 15.7 Å². The van der Waals surface area contributed by atoms with E-state index >= 15 is 0 Å². The highest BCUT2D eigenvalue weighted by molar-refractivity contribution is 7.14. The van der Waals surface area contributed by atoms with Gasteiger partial charge in [-0.15, -0.1) is 11.3 Å². The first-order valence-corrected chi connectivity index (χ1v) is 9.92. The first kappa shape index (κ1) is 19.1. The maximum atomic E-state index is 12.2. The molecule has 0 fully saturated rings. The van der Waals surface area contributed by atoms with E-state index in [0.29, 0.717) is 15.6 Å². The van der Waals surface area contributed by atoms with Gasteiger partial charge >= 0.3 is 5.97 Å². The Hall–Kier alpha value is -1.63. The zero-order valence-corrected chi connectivity index (χ0v) is 16.6. The lowest BCUT2D eigenvalue weighted by Gasteiger charge is -2.08. The van der Waals surface area contributed by atoms with Crippen molar-refractivity contribution < 1.29 is 14.3 Å². The standard InChI is InChI=1S/C18H18Cl2N2O3S/c1-10-12(19)8-13(20)17(21-10)22-16(23)9-25-18(24)15-7-11-5-3-2-4-6-14(11)26-15/h7-8H,2-6,9H2,1H3,(H,21,22,23). The summed E-state index contributed by atoms with van der Waals surface area (Å²) in [4.78, 5) is 30.2. The number of amides is 1. The maximum absolute atomic E-state index is 12.2. The monoisotopic (exact) mass is 412 g/mol. The number of nitrogens with zero attached hydrogens (tertiary/aromatic N) is 1. The van der Waals surface area contributed by atoms with Crippen molar-refractivity contribution in [3.8, 4) is 0 Å². The minimum absolute atomic E-state index is 0.192. The van der Waals surface area contributed by atoms with Crippen molar-refractivity contribution in [2.75, 3.05) is 11.9 Å². The third kappa shape index (κ3) is 4.55. The van der Waals surface area contributed by atoms with E-state index in [-0.39, 0.29) is 10.8 Å². The third-order valence-corrected chi connectivity index (χ3v) is 6.03. The largest absolute Gasteiger partial charge is 0.451 e. The second-order valence-corrected chi connectivity index (χ2v) is 8.08. The number of pyridine rings is 1. The molecule has 0 atom stereocenters. The van der Waals surface area contributed by atoms with Gasteiger partial charge in [0.2, 0.25) is 0 Å². The molecule has 1 amide bonds. The first-order chi connectivity index (χ1) is 12.4. The first-order valence-electron chi connectivity index (χ1n) is 8.35. The SMILES string of the molecule is Cc1nc(NC(=O)COC(=O)c2cc3c(s2)CCCCC3)c(Cl)cc1Cl. The van der Waals surface area contributed by atoms with Crippen LogP contribution < -0.4 is 5.32 Å². The van der Waals surface area contributed by atoms with Gasteiger partial charge in [-0.25, -0.2) is 9.78 Å². The molecule has 0 saturated heterocycles. The van der Waals surface area contributed by atoms with Crippen LogP contribution in [0.2, 0.25) is 10.0 Å². The molecule has 5 nitrogen and oxygen atoms in total. The predicted octanol–water partition coefficient (Wildman–Crippen LogP) is 4.82. The smallest absolute Gasteiger partial charge is 0.348 e. The van der Waals surface area contributed by atoms with Crippen molar-refractivity contribution >= 4 is 52.2 Å². The number of anilines is 1. The number of nitrogens with one attached hydrogen (secondary N) is 1. The van der Waals surface area contributed by atoms with Crippen LogP contribution in [0.1, 0.15) is 45.1 Å². The Labute approximate surface area is 165 Å². The van der Waals surface area contributed by atoms with E-state index in [4.69, 9.17) is 27.9 Å². The molecule has 8 heteroatoms. The summed E-state index contributed by atoms with van der Waals surface area (Å²) in [7, 11) is 0. The molecular weight excluding hydrogens is 395 g/mol. The second kappa shape index (κ2) is 8.37. The molecule has 26 heavy (non-hydrogen) atoms. The van der Waals surface area contributed by atoms with Gasteiger partial charge in [0.15, 0.2) is 12.4 Å². The lowest BCUT2D eigenvalue weighted by atomic mass is 10.1. The molecule has 1 aliphatic carbocycles. The van der Waals surface area contributed by atoms with Crippen LogP contribution in [0.25, 0.3) is 0 Å². The predicted molar refractivity (Wildman–Crippen MR) is 103 cm³/mol. The van der Waals surface area contributed by atoms with Gasteiger partial charge in [-0.1, -0.05) is 29.6 Å². The van der Waals surface area contributed by atoms with Crippen LogP contribution in [0.5, 0.6) is 0 Å². The fourth-order valence-corrected chi connectivity index (χ4v) is 4.34. The van der Waals surface area contributed by atoms with E-state index < -0.39 is 18.5 Å². The molecule has 2 aromatic rings. The zero-order chi connectivity index (χ0) is 18.7. The minimum atomic E-state index is -0.507. The number of halogens is 2. The van der Waals surface area contributed by atoms with Crippen LogP contribution in [-0.4, -0.2) is 23.5 Å². The van der Waals surface area contributed by atoms with Crippen molar-refractivity contribution in [2.45, 2.75) is 39.0 Å². The Morgan fingerprint density at radius 2 is 1.96 bits per heavy atom. The average Bonchev–Trinajstić information content (AvgIpc) is 2.88. The van der Waals surface area contributed by atoms with Crippen molar-refractivity contribution in [1.29, 1.82) is 0 Å². The molecule has 1 aliphatic rings. The summed E-state index contributed by atoms with van der Waals surface area (Å²) in [6.07, 6.45) is 5.53. The average molecular weight is 413 g/mol. The zero-order valence-electron chi connectivity index (χ0n) is 14.2. The van der Waals surface area contributed by atoms with Crippen LogP contribution in [0.4, 0.5) is 5.82 Å². The molecule has 138 valence electrons. The number of rotatable bonds is 4. The molecule has 0 unspecified atom stereocenters. The number of hydrogen-bond donors (Lipinski definition) is 1. The van der Waals surface area contributed by atoms with E-state index in [0.717, 1.165) is 25.7 Å². The number of fused-ring (bicyclic) bond motifs is 1.